The summed E-state index contributed by atoms with van der Waals surface area (Å²) in [6.07, 6.45) is 1.59. The van der Waals surface area contributed by atoms with Gasteiger partial charge in [0.15, 0.2) is 0 Å². The second-order valence-corrected chi connectivity index (χ2v) is 5.60. The Balaban J connectivity index is 2.05. The first-order valence-corrected chi connectivity index (χ1v) is 7.33. The molecule has 1 aliphatic rings. The van der Waals surface area contributed by atoms with E-state index in [0.717, 1.165) is 10.0 Å². The summed E-state index contributed by atoms with van der Waals surface area (Å²) in [5, 5.41) is 3.13. The summed E-state index contributed by atoms with van der Waals surface area (Å²) in [6, 6.07) is -0.347. The fourth-order valence-corrected chi connectivity index (χ4v) is 2.46. The predicted molar refractivity (Wildman–Crippen MR) is 81.6 cm³/mol. The number of morpholine rings is 1. The van der Waals surface area contributed by atoms with Crippen LogP contribution in [0.25, 0.3) is 0 Å². The van der Waals surface area contributed by atoms with Gasteiger partial charge in [-0.2, -0.15) is 0 Å². The quantitative estimate of drug-likeness (QED) is 0.867. The molecule has 0 saturated carbocycles. The van der Waals surface area contributed by atoms with Crippen LogP contribution in [0.15, 0.2) is 10.7 Å². The zero-order chi connectivity index (χ0) is 14.7. The van der Waals surface area contributed by atoms with Crippen molar-refractivity contribution in [2.24, 2.45) is 0 Å². The van der Waals surface area contributed by atoms with E-state index in [2.05, 4.69) is 26.2 Å². The highest BCUT2D eigenvalue weighted by Gasteiger charge is 2.23. The molecule has 1 saturated heterocycles. The molecule has 1 atom stereocenters. The van der Waals surface area contributed by atoms with E-state index in [1.165, 1.54) is 0 Å². The molecule has 1 aliphatic heterocycles. The number of nitrogen functional groups attached to an aromatic ring is 1. The lowest BCUT2D eigenvalue weighted by molar-refractivity contribution is -0.135. The van der Waals surface area contributed by atoms with Crippen molar-refractivity contribution in [3.8, 4) is 0 Å². The minimum absolute atomic E-state index is 0.0523. The smallest absolute Gasteiger partial charge is 0.244 e. The first-order chi connectivity index (χ1) is 9.50. The van der Waals surface area contributed by atoms with Crippen molar-refractivity contribution in [3.05, 3.63) is 16.2 Å². The van der Waals surface area contributed by atoms with Gasteiger partial charge in [0.05, 0.1) is 29.6 Å². The largest absolute Gasteiger partial charge is 0.397 e. The molecule has 3 N–H and O–H groups in total. The number of nitrogens with zero attached hydrogens (tertiary/aromatic N) is 2. The van der Waals surface area contributed by atoms with Crippen molar-refractivity contribution in [3.63, 3.8) is 0 Å². The van der Waals surface area contributed by atoms with E-state index >= 15 is 0 Å². The number of hydrogen-bond acceptors (Lipinski definition) is 5. The Labute approximate surface area is 126 Å². The van der Waals surface area contributed by atoms with Crippen LogP contribution in [0.1, 0.15) is 12.5 Å². The van der Waals surface area contributed by atoms with Crippen LogP contribution < -0.4 is 11.1 Å². The summed E-state index contributed by atoms with van der Waals surface area (Å²) in [4.78, 5) is 18.3. The van der Waals surface area contributed by atoms with E-state index in [-0.39, 0.29) is 11.9 Å². The maximum Gasteiger partial charge on any atom is 0.244 e. The zero-order valence-electron chi connectivity index (χ0n) is 11.6. The van der Waals surface area contributed by atoms with Crippen LogP contribution in [-0.2, 0) is 9.53 Å². The topological polar surface area (TPSA) is 80.5 Å². The Kier molecular flexibility index (Phi) is 4.82. The average Bonchev–Trinajstić information content (AvgIpc) is 2.48. The van der Waals surface area contributed by atoms with Gasteiger partial charge in [0.2, 0.25) is 5.91 Å². The van der Waals surface area contributed by atoms with Crippen LogP contribution in [0, 0.1) is 6.92 Å². The molecule has 1 amide bonds. The number of carbonyl (C=O) groups excluding carboxylic acids is 1. The lowest BCUT2D eigenvalue weighted by atomic mass is 10.2. The third-order valence-corrected chi connectivity index (χ3v) is 4.32. The third-order valence-electron chi connectivity index (χ3n) is 3.35. The van der Waals surface area contributed by atoms with Crippen LogP contribution in [0.5, 0.6) is 0 Å². The molecule has 7 heteroatoms. The highest BCUT2D eigenvalue weighted by atomic mass is 79.9. The van der Waals surface area contributed by atoms with Gasteiger partial charge in [0, 0.05) is 13.1 Å². The van der Waals surface area contributed by atoms with Crippen LogP contribution in [-0.4, -0.2) is 48.1 Å². The predicted octanol–water partition coefficient (Wildman–Crippen LogP) is 1.39. The number of pyridine rings is 1. The van der Waals surface area contributed by atoms with Crippen LogP contribution in [0.2, 0.25) is 0 Å². The van der Waals surface area contributed by atoms with Crippen molar-refractivity contribution in [2.45, 2.75) is 19.9 Å². The maximum atomic E-state index is 12.3. The molecule has 0 radical (unpaired) electrons. The highest BCUT2D eigenvalue weighted by molar-refractivity contribution is 9.10. The van der Waals surface area contributed by atoms with Gasteiger partial charge < -0.3 is 20.7 Å². The van der Waals surface area contributed by atoms with Gasteiger partial charge in [-0.25, -0.2) is 4.98 Å². The van der Waals surface area contributed by atoms with Gasteiger partial charge in [0.25, 0.3) is 0 Å². The summed E-state index contributed by atoms with van der Waals surface area (Å²) in [6.45, 7) is 6.21. The summed E-state index contributed by atoms with van der Waals surface area (Å²) in [5.41, 5.74) is 7.32. The Morgan fingerprint density at radius 3 is 2.85 bits per heavy atom. The summed E-state index contributed by atoms with van der Waals surface area (Å²) >= 11 is 3.45. The van der Waals surface area contributed by atoms with Crippen molar-refractivity contribution in [2.75, 3.05) is 37.4 Å². The van der Waals surface area contributed by atoms with Gasteiger partial charge in [-0.3, -0.25) is 4.79 Å². The number of nitrogens with two attached hydrogens (primary N) is 1. The number of nitrogens with one attached hydrogen (secondary N) is 1. The van der Waals surface area contributed by atoms with Crippen LogP contribution in [0.4, 0.5) is 11.5 Å². The van der Waals surface area contributed by atoms with E-state index in [1.54, 1.807) is 11.1 Å². The Morgan fingerprint density at radius 2 is 2.20 bits per heavy atom. The monoisotopic (exact) mass is 342 g/mol. The number of amides is 1. The van der Waals surface area contributed by atoms with Crippen molar-refractivity contribution in [1.29, 1.82) is 0 Å². The number of aromatic nitrogens is 1. The lowest BCUT2D eigenvalue weighted by Crippen LogP contribution is -2.47. The minimum atomic E-state index is -0.347. The van der Waals surface area contributed by atoms with E-state index < -0.39 is 0 Å². The average molecular weight is 343 g/mol. The molecule has 110 valence electrons. The van der Waals surface area contributed by atoms with E-state index in [0.29, 0.717) is 37.8 Å². The molecule has 2 heterocycles. The second kappa shape index (κ2) is 6.41. The second-order valence-electron chi connectivity index (χ2n) is 4.80. The summed E-state index contributed by atoms with van der Waals surface area (Å²) in [5.74, 6) is 0.683. The molecule has 1 fully saturated rings. The molecular weight excluding hydrogens is 324 g/mol. The van der Waals surface area contributed by atoms with Gasteiger partial charge in [-0.15, -0.1) is 0 Å². The number of carbonyl (C=O) groups is 1. The Morgan fingerprint density at radius 1 is 1.55 bits per heavy atom. The number of anilines is 2. The van der Waals surface area contributed by atoms with E-state index in [1.807, 2.05) is 13.8 Å². The molecule has 0 spiro atoms. The molecule has 20 heavy (non-hydrogen) atoms. The fourth-order valence-electron chi connectivity index (χ4n) is 2.02. The number of hydrogen-bond donors (Lipinski definition) is 2. The van der Waals surface area contributed by atoms with Crippen LogP contribution in [0.3, 0.4) is 0 Å². The first-order valence-electron chi connectivity index (χ1n) is 6.54. The fraction of sp³-hybridized carbons (Fsp3) is 0.538. The Hall–Kier alpha value is -1.34. The highest BCUT2D eigenvalue weighted by Crippen LogP contribution is 2.28. The molecule has 0 aromatic carbocycles. The molecule has 1 unspecified atom stereocenters. The van der Waals surface area contributed by atoms with Crippen molar-refractivity contribution >= 4 is 33.3 Å². The molecule has 0 aliphatic carbocycles. The Bertz CT molecular complexity index is 503. The van der Waals surface area contributed by atoms with E-state index in [9.17, 15) is 4.79 Å². The number of rotatable bonds is 3. The third kappa shape index (κ3) is 3.21. The van der Waals surface area contributed by atoms with Gasteiger partial charge in [-0.05, 0) is 35.3 Å². The lowest BCUT2D eigenvalue weighted by Gasteiger charge is -2.29. The maximum absolute atomic E-state index is 12.3. The normalized spacial score (nSPS) is 16.9. The standard InChI is InChI=1S/C13H19BrN4O2/c1-8-10(15)7-16-12(11(8)14)17-9(2)13(19)18-3-5-20-6-4-18/h7,9H,3-6,15H2,1-2H3,(H,16,17). The van der Waals surface area contributed by atoms with Gasteiger partial charge in [-0.1, -0.05) is 0 Å². The van der Waals surface area contributed by atoms with E-state index in [4.69, 9.17) is 10.5 Å². The minimum Gasteiger partial charge on any atom is -0.397 e. The van der Waals surface area contributed by atoms with Gasteiger partial charge >= 0.3 is 0 Å². The zero-order valence-corrected chi connectivity index (χ0v) is 13.2. The summed E-state index contributed by atoms with van der Waals surface area (Å²) < 4.78 is 6.04. The van der Waals surface area contributed by atoms with Crippen LogP contribution >= 0.6 is 15.9 Å². The van der Waals surface area contributed by atoms with Crippen molar-refractivity contribution in [1.82, 2.24) is 9.88 Å². The number of ether oxygens (including phenoxy) is 1. The first kappa shape index (κ1) is 15.1. The molecular formula is C13H19BrN4O2. The van der Waals surface area contributed by atoms with Crippen molar-refractivity contribution < 1.29 is 9.53 Å². The SMILES string of the molecule is Cc1c(N)cnc(NC(C)C(=O)N2CCOCC2)c1Br. The molecule has 6 nitrogen and oxygen atoms in total. The van der Waals surface area contributed by atoms with Gasteiger partial charge in [0.1, 0.15) is 11.9 Å². The summed E-state index contributed by atoms with van der Waals surface area (Å²) in [7, 11) is 0. The molecule has 1 aromatic rings. The molecule has 0 bridgehead atoms. The number of halogens is 1. The molecule has 1 aromatic heterocycles. The molecule has 2 rings (SSSR count).